The van der Waals surface area contributed by atoms with Gasteiger partial charge in [-0.1, -0.05) is 6.92 Å². The van der Waals surface area contributed by atoms with Gasteiger partial charge in [0.05, 0.1) is 21.7 Å². The van der Waals surface area contributed by atoms with Gasteiger partial charge in [0, 0.05) is 13.1 Å². The van der Waals surface area contributed by atoms with E-state index in [0.717, 1.165) is 26.7 Å². The van der Waals surface area contributed by atoms with Gasteiger partial charge in [-0.05, 0) is 62.9 Å². The SMILES string of the molecule is CCC(C)(O)CNCc1cc(Br)c(OC)c(Br)c1. The van der Waals surface area contributed by atoms with E-state index in [4.69, 9.17) is 4.74 Å². The zero-order chi connectivity index (χ0) is 13.8. The van der Waals surface area contributed by atoms with Gasteiger partial charge in [0.1, 0.15) is 5.75 Å². The number of hydrogen-bond acceptors (Lipinski definition) is 3. The van der Waals surface area contributed by atoms with Crippen LogP contribution >= 0.6 is 31.9 Å². The van der Waals surface area contributed by atoms with Crippen LogP contribution < -0.4 is 10.1 Å². The fourth-order valence-electron chi connectivity index (χ4n) is 1.51. The predicted octanol–water partition coefficient (Wildman–Crippen LogP) is 3.47. The lowest BCUT2D eigenvalue weighted by molar-refractivity contribution is 0.0555. The van der Waals surface area contributed by atoms with Crippen molar-refractivity contribution in [3.05, 3.63) is 26.6 Å². The molecule has 0 fully saturated rings. The maximum Gasteiger partial charge on any atom is 0.147 e. The van der Waals surface area contributed by atoms with Crippen LogP contribution in [-0.4, -0.2) is 24.4 Å². The maximum atomic E-state index is 9.89. The van der Waals surface area contributed by atoms with E-state index < -0.39 is 5.60 Å². The van der Waals surface area contributed by atoms with Crippen LogP contribution in [0.1, 0.15) is 25.8 Å². The standard InChI is InChI=1S/C13H19Br2NO2/c1-4-13(2,17)8-16-7-9-5-10(14)12(18-3)11(15)6-9/h5-6,16-17H,4,7-8H2,1-3H3. The summed E-state index contributed by atoms with van der Waals surface area (Å²) in [5, 5.41) is 13.1. The Kier molecular flexibility index (Phi) is 6.11. The van der Waals surface area contributed by atoms with Gasteiger partial charge in [-0.3, -0.25) is 0 Å². The average Bonchev–Trinajstić information content (AvgIpc) is 2.28. The molecule has 3 nitrogen and oxygen atoms in total. The molecule has 0 aromatic heterocycles. The van der Waals surface area contributed by atoms with Crippen LogP contribution in [0.5, 0.6) is 5.75 Å². The lowest BCUT2D eigenvalue weighted by atomic mass is 10.0. The van der Waals surface area contributed by atoms with Crippen LogP contribution in [0, 0.1) is 0 Å². The average molecular weight is 381 g/mol. The van der Waals surface area contributed by atoms with Crippen LogP contribution in [-0.2, 0) is 6.54 Å². The third-order valence-corrected chi connectivity index (χ3v) is 4.04. The van der Waals surface area contributed by atoms with E-state index in [1.807, 2.05) is 26.0 Å². The Hall–Kier alpha value is -0.100. The van der Waals surface area contributed by atoms with Crippen LogP contribution in [0.3, 0.4) is 0 Å². The summed E-state index contributed by atoms with van der Waals surface area (Å²) in [6.45, 7) is 5.09. The molecule has 1 rings (SSSR count). The molecule has 0 aliphatic carbocycles. The highest BCUT2D eigenvalue weighted by Gasteiger charge is 2.16. The number of benzene rings is 1. The van der Waals surface area contributed by atoms with Crippen molar-refractivity contribution in [3.8, 4) is 5.75 Å². The molecule has 0 amide bonds. The Bertz CT molecular complexity index is 385. The van der Waals surface area contributed by atoms with E-state index in [-0.39, 0.29) is 0 Å². The molecule has 1 aromatic carbocycles. The fourth-order valence-corrected chi connectivity index (χ4v) is 3.12. The Morgan fingerprint density at radius 2 is 1.89 bits per heavy atom. The van der Waals surface area contributed by atoms with E-state index in [2.05, 4.69) is 37.2 Å². The van der Waals surface area contributed by atoms with E-state index in [1.54, 1.807) is 7.11 Å². The summed E-state index contributed by atoms with van der Waals surface area (Å²) >= 11 is 6.94. The Morgan fingerprint density at radius 3 is 2.33 bits per heavy atom. The molecule has 5 heteroatoms. The summed E-state index contributed by atoms with van der Waals surface area (Å²) in [6, 6.07) is 4.02. The van der Waals surface area contributed by atoms with Crippen LogP contribution in [0.15, 0.2) is 21.1 Å². The molecule has 1 atom stereocenters. The number of rotatable bonds is 6. The molecule has 0 aliphatic rings. The molecule has 18 heavy (non-hydrogen) atoms. The lowest BCUT2D eigenvalue weighted by Gasteiger charge is -2.21. The second-order valence-corrected chi connectivity index (χ2v) is 6.26. The van der Waals surface area contributed by atoms with Crippen molar-refractivity contribution in [1.82, 2.24) is 5.32 Å². The number of hydrogen-bond donors (Lipinski definition) is 2. The molecule has 102 valence electrons. The van der Waals surface area contributed by atoms with E-state index in [0.29, 0.717) is 13.1 Å². The lowest BCUT2D eigenvalue weighted by Crippen LogP contribution is -2.36. The van der Waals surface area contributed by atoms with Gasteiger partial charge in [0.2, 0.25) is 0 Å². The van der Waals surface area contributed by atoms with Gasteiger partial charge in [-0.15, -0.1) is 0 Å². The van der Waals surface area contributed by atoms with Crippen LogP contribution in [0.2, 0.25) is 0 Å². The highest BCUT2D eigenvalue weighted by atomic mass is 79.9. The number of halogens is 2. The summed E-state index contributed by atoms with van der Waals surface area (Å²) in [5.74, 6) is 0.791. The molecule has 0 spiro atoms. The van der Waals surface area contributed by atoms with E-state index in [1.165, 1.54) is 0 Å². The van der Waals surface area contributed by atoms with Gasteiger partial charge in [0.25, 0.3) is 0 Å². The molecule has 1 unspecified atom stereocenters. The van der Waals surface area contributed by atoms with Crippen molar-refractivity contribution in [2.45, 2.75) is 32.4 Å². The van der Waals surface area contributed by atoms with Crippen molar-refractivity contribution >= 4 is 31.9 Å². The number of methoxy groups -OCH3 is 1. The van der Waals surface area contributed by atoms with Crippen molar-refractivity contribution in [1.29, 1.82) is 0 Å². The summed E-state index contributed by atoms with van der Waals surface area (Å²) in [4.78, 5) is 0. The predicted molar refractivity (Wildman–Crippen MR) is 81.0 cm³/mol. The highest BCUT2D eigenvalue weighted by Crippen LogP contribution is 2.34. The quantitative estimate of drug-likeness (QED) is 0.793. The molecule has 1 aromatic rings. The van der Waals surface area contributed by atoms with Crippen molar-refractivity contribution in [2.24, 2.45) is 0 Å². The number of aliphatic hydroxyl groups is 1. The second kappa shape index (κ2) is 6.89. The fraction of sp³-hybridized carbons (Fsp3) is 0.538. The largest absolute Gasteiger partial charge is 0.494 e. The summed E-state index contributed by atoms with van der Waals surface area (Å²) in [7, 11) is 1.64. The molecule has 0 saturated heterocycles. The van der Waals surface area contributed by atoms with Gasteiger partial charge in [-0.2, -0.15) is 0 Å². The zero-order valence-electron chi connectivity index (χ0n) is 10.9. The van der Waals surface area contributed by atoms with Crippen LogP contribution in [0.25, 0.3) is 0 Å². The smallest absolute Gasteiger partial charge is 0.147 e. The maximum absolute atomic E-state index is 9.89. The summed E-state index contributed by atoms with van der Waals surface area (Å²) in [6.07, 6.45) is 0.732. The van der Waals surface area contributed by atoms with Crippen molar-refractivity contribution in [3.63, 3.8) is 0 Å². The molecule has 0 bridgehead atoms. The first-order valence-corrected chi connectivity index (χ1v) is 7.43. The molecule has 0 radical (unpaired) electrons. The number of nitrogens with one attached hydrogen (secondary N) is 1. The first-order valence-electron chi connectivity index (χ1n) is 5.84. The van der Waals surface area contributed by atoms with Gasteiger partial charge < -0.3 is 15.2 Å². The molecular formula is C13H19Br2NO2. The first kappa shape index (κ1) is 16.0. The Morgan fingerprint density at radius 1 is 1.33 bits per heavy atom. The van der Waals surface area contributed by atoms with E-state index in [9.17, 15) is 5.11 Å². The van der Waals surface area contributed by atoms with Crippen LogP contribution in [0.4, 0.5) is 0 Å². The Balaban J connectivity index is 2.64. The first-order chi connectivity index (χ1) is 8.39. The van der Waals surface area contributed by atoms with E-state index >= 15 is 0 Å². The third kappa shape index (κ3) is 4.53. The Labute approximate surface area is 125 Å². The summed E-state index contributed by atoms with van der Waals surface area (Å²) in [5.41, 5.74) is 0.474. The molecule has 0 saturated carbocycles. The van der Waals surface area contributed by atoms with Gasteiger partial charge >= 0.3 is 0 Å². The normalized spacial score (nSPS) is 14.3. The third-order valence-electron chi connectivity index (χ3n) is 2.86. The zero-order valence-corrected chi connectivity index (χ0v) is 14.1. The van der Waals surface area contributed by atoms with Crippen molar-refractivity contribution in [2.75, 3.05) is 13.7 Å². The topological polar surface area (TPSA) is 41.5 Å². The molecule has 0 heterocycles. The summed E-state index contributed by atoms with van der Waals surface area (Å²) < 4.78 is 7.08. The van der Waals surface area contributed by atoms with Gasteiger partial charge in [-0.25, -0.2) is 0 Å². The second-order valence-electron chi connectivity index (χ2n) is 4.55. The monoisotopic (exact) mass is 379 g/mol. The van der Waals surface area contributed by atoms with Gasteiger partial charge in [0.15, 0.2) is 0 Å². The minimum absolute atomic E-state index is 0.574. The minimum atomic E-state index is -0.652. The highest BCUT2D eigenvalue weighted by molar-refractivity contribution is 9.11. The number of ether oxygens (including phenoxy) is 1. The molecule has 0 aliphatic heterocycles. The molecular weight excluding hydrogens is 362 g/mol. The van der Waals surface area contributed by atoms with Crippen molar-refractivity contribution < 1.29 is 9.84 Å². The molecule has 2 N–H and O–H groups in total. The minimum Gasteiger partial charge on any atom is -0.494 e.